The Morgan fingerprint density at radius 1 is 1.18 bits per heavy atom. The normalized spacial score (nSPS) is 12.3. The van der Waals surface area contributed by atoms with Gasteiger partial charge in [0.1, 0.15) is 11.6 Å². The van der Waals surface area contributed by atoms with E-state index in [9.17, 15) is 22.8 Å². The zero-order valence-corrected chi connectivity index (χ0v) is 18.0. The zero-order valence-electron chi connectivity index (χ0n) is 17.2. The monoisotopic (exact) mass is 474 g/mol. The maximum absolute atomic E-state index is 12.8. The molecular weight excluding hydrogens is 457 g/mol. The summed E-state index contributed by atoms with van der Waals surface area (Å²) in [6, 6.07) is 11.6. The molecular formula is C22H17F3N4O3S. The standard InChI is InChI=1S/C22H17F3N4O3S/c1-32-16-7-5-13(6-8-16)11-17-20(31)29-18(27-28-21(29)33-17)9-10-19(30)26-15-4-2-3-14(12-15)22(23,24)25/h2-8,11-12H,9-10H2,1H3,(H,26,30). The van der Waals surface area contributed by atoms with Gasteiger partial charge in [-0.15, -0.1) is 10.2 Å². The number of carbonyl (C=O) groups is 1. The Bertz CT molecular complexity index is 1410. The van der Waals surface area contributed by atoms with Crippen LogP contribution in [0.3, 0.4) is 0 Å². The lowest BCUT2D eigenvalue weighted by Gasteiger charge is -2.09. The molecule has 0 atom stereocenters. The number of halogens is 3. The van der Waals surface area contributed by atoms with Crippen molar-refractivity contribution in [1.82, 2.24) is 14.6 Å². The first-order valence-electron chi connectivity index (χ1n) is 9.74. The van der Waals surface area contributed by atoms with E-state index in [4.69, 9.17) is 4.74 Å². The van der Waals surface area contributed by atoms with Crippen LogP contribution in [0.25, 0.3) is 11.0 Å². The van der Waals surface area contributed by atoms with Gasteiger partial charge in [-0.3, -0.25) is 9.59 Å². The molecule has 11 heteroatoms. The molecule has 2 aromatic carbocycles. The van der Waals surface area contributed by atoms with Gasteiger partial charge >= 0.3 is 6.18 Å². The van der Waals surface area contributed by atoms with E-state index >= 15 is 0 Å². The fourth-order valence-corrected chi connectivity index (χ4v) is 4.08. The number of methoxy groups -OCH3 is 1. The van der Waals surface area contributed by atoms with Crippen LogP contribution in [0, 0.1) is 0 Å². The smallest absolute Gasteiger partial charge is 0.416 e. The van der Waals surface area contributed by atoms with Gasteiger partial charge in [-0.25, -0.2) is 4.40 Å². The highest BCUT2D eigenvalue weighted by atomic mass is 32.1. The number of nitrogens with one attached hydrogen (secondary N) is 1. The third-order valence-electron chi connectivity index (χ3n) is 4.78. The quantitative estimate of drug-likeness (QED) is 0.464. The summed E-state index contributed by atoms with van der Waals surface area (Å²) in [5, 5.41) is 10.4. The van der Waals surface area contributed by atoms with E-state index in [1.165, 1.54) is 27.9 Å². The van der Waals surface area contributed by atoms with Crippen LogP contribution in [-0.2, 0) is 17.4 Å². The molecule has 0 saturated carbocycles. The second-order valence-electron chi connectivity index (χ2n) is 7.05. The molecule has 0 bridgehead atoms. The first kappa shape index (κ1) is 22.5. The van der Waals surface area contributed by atoms with Crippen LogP contribution in [0.5, 0.6) is 5.75 Å². The summed E-state index contributed by atoms with van der Waals surface area (Å²) in [5.41, 5.74) is -0.302. The van der Waals surface area contributed by atoms with Gasteiger partial charge in [0.25, 0.3) is 5.56 Å². The number of ether oxygens (including phenoxy) is 1. The predicted octanol–water partition coefficient (Wildman–Crippen LogP) is 3.30. The van der Waals surface area contributed by atoms with Crippen molar-refractivity contribution in [3.8, 4) is 5.75 Å². The van der Waals surface area contributed by atoms with E-state index in [-0.39, 0.29) is 24.1 Å². The first-order chi connectivity index (χ1) is 15.7. The number of anilines is 1. The maximum Gasteiger partial charge on any atom is 0.416 e. The molecule has 0 unspecified atom stereocenters. The van der Waals surface area contributed by atoms with Gasteiger partial charge < -0.3 is 10.1 Å². The lowest BCUT2D eigenvalue weighted by molar-refractivity contribution is -0.137. The van der Waals surface area contributed by atoms with E-state index in [1.807, 2.05) is 12.1 Å². The van der Waals surface area contributed by atoms with E-state index in [0.29, 0.717) is 21.1 Å². The summed E-state index contributed by atoms with van der Waals surface area (Å²) >= 11 is 1.17. The van der Waals surface area contributed by atoms with E-state index in [1.54, 1.807) is 25.3 Å². The number of rotatable bonds is 6. The van der Waals surface area contributed by atoms with Crippen molar-refractivity contribution in [1.29, 1.82) is 0 Å². The molecule has 170 valence electrons. The summed E-state index contributed by atoms with van der Waals surface area (Å²) in [6.07, 6.45) is -2.76. The Morgan fingerprint density at radius 2 is 1.94 bits per heavy atom. The number of carbonyl (C=O) groups excluding carboxylic acids is 1. The number of nitrogens with zero attached hydrogens (tertiary/aromatic N) is 3. The van der Waals surface area contributed by atoms with Crippen LogP contribution in [0.1, 0.15) is 23.4 Å². The molecule has 0 saturated heterocycles. The molecule has 0 fully saturated rings. The summed E-state index contributed by atoms with van der Waals surface area (Å²) in [4.78, 5) is 25.5. The Kier molecular flexibility index (Phi) is 6.14. The number of benzene rings is 2. The molecule has 2 aromatic heterocycles. The number of fused-ring (bicyclic) bond motifs is 1. The van der Waals surface area contributed by atoms with Crippen LogP contribution in [-0.4, -0.2) is 27.6 Å². The fourth-order valence-electron chi connectivity index (χ4n) is 3.15. The van der Waals surface area contributed by atoms with Crippen molar-refractivity contribution in [3.63, 3.8) is 0 Å². The second kappa shape index (κ2) is 9.02. The minimum absolute atomic E-state index is 0.0395. The molecule has 0 aliphatic heterocycles. The molecule has 4 rings (SSSR count). The van der Waals surface area contributed by atoms with E-state index in [0.717, 1.165) is 17.7 Å². The average molecular weight is 474 g/mol. The summed E-state index contributed by atoms with van der Waals surface area (Å²) in [5.74, 6) is 0.504. The lowest BCUT2D eigenvalue weighted by atomic mass is 10.2. The Morgan fingerprint density at radius 3 is 2.64 bits per heavy atom. The number of aryl methyl sites for hydroxylation is 1. The molecule has 0 spiro atoms. The first-order valence-corrected chi connectivity index (χ1v) is 10.6. The van der Waals surface area contributed by atoms with Crippen molar-refractivity contribution in [2.45, 2.75) is 19.0 Å². The van der Waals surface area contributed by atoms with Crippen molar-refractivity contribution in [2.24, 2.45) is 0 Å². The summed E-state index contributed by atoms with van der Waals surface area (Å²) in [6.45, 7) is 0. The minimum Gasteiger partial charge on any atom is -0.497 e. The summed E-state index contributed by atoms with van der Waals surface area (Å²) in [7, 11) is 1.57. The maximum atomic E-state index is 12.8. The van der Waals surface area contributed by atoms with Crippen molar-refractivity contribution in [3.05, 3.63) is 80.4 Å². The molecule has 1 N–H and O–H groups in total. The Hall–Kier alpha value is -3.73. The summed E-state index contributed by atoms with van der Waals surface area (Å²) < 4.78 is 45.4. The number of hydrogen-bond donors (Lipinski definition) is 1. The van der Waals surface area contributed by atoms with E-state index in [2.05, 4.69) is 15.5 Å². The molecule has 2 heterocycles. The highest BCUT2D eigenvalue weighted by Gasteiger charge is 2.30. The molecule has 0 radical (unpaired) electrons. The minimum atomic E-state index is -4.50. The highest BCUT2D eigenvalue weighted by molar-refractivity contribution is 7.15. The molecule has 0 aliphatic carbocycles. The topological polar surface area (TPSA) is 85.6 Å². The van der Waals surface area contributed by atoms with Gasteiger partial charge in [-0.1, -0.05) is 29.5 Å². The molecule has 1 amide bonds. The third-order valence-corrected chi connectivity index (χ3v) is 5.74. The lowest BCUT2D eigenvalue weighted by Crippen LogP contribution is -2.24. The van der Waals surface area contributed by atoms with Crippen molar-refractivity contribution < 1.29 is 22.7 Å². The number of aromatic nitrogens is 3. The van der Waals surface area contributed by atoms with Crippen LogP contribution < -0.4 is 20.1 Å². The van der Waals surface area contributed by atoms with E-state index < -0.39 is 17.6 Å². The average Bonchev–Trinajstić information content (AvgIpc) is 3.32. The molecule has 33 heavy (non-hydrogen) atoms. The van der Waals surface area contributed by atoms with Gasteiger partial charge in [-0.05, 0) is 42.0 Å². The van der Waals surface area contributed by atoms with Gasteiger partial charge in [0, 0.05) is 18.5 Å². The Labute approximate surface area is 189 Å². The van der Waals surface area contributed by atoms with Crippen molar-refractivity contribution in [2.75, 3.05) is 12.4 Å². The largest absolute Gasteiger partial charge is 0.497 e. The fraction of sp³-hybridized carbons (Fsp3) is 0.182. The number of amides is 1. The highest BCUT2D eigenvalue weighted by Crippen LogP contribution is 2.30. The molecule has 0 aliphatic rings. The SMILES string of the molecule is COc1ccc(C=c2sc3nnc(CCC(=O)Nc4cccc(C(F)(F)F)c4)n3c2=O)cc1. The molecule has 4 aromatic rings. The van der Waals surface area contributed by atoms with Crippen LogP contribution >= 0.6 is 11.3 Å². The van der Waals surface area contributed by atoms with Gasteiger partial charge in [0.05, 0.1) is 17.2 Å². The van der Waals surface area contributed by atoms with Gasteiger partial charge in [0.2, 0.25) is 10.9 Å². The Balaban J connectivity index is 1.49. The predicted molar refractivity (Wildman–Crippen MR) is 117 cm³/mol. The third kappa shape index (κ3) is 5.03. The van der Waals surface area contributed by atoms with Crippen molar-refractivity contribution >= 4 is 34.0 Å². The van der Waals surface area contributed by atoms with Crippen LogP contribution in [0.2, 0.25) is 0 Å². The second-order valence-corrected chi connectivity index (χ2v) is 8.06. The zero-order chi connectivity index (χ0) is 23.6. The number of hydrogen-bond acceptors (Lipinski definition) is 6. The molecule has 7 nitrogen and oxygen atoms in total. The number of alkyl halides is 3. The van der Waals surface area contributed by atoms with Gasteiger partial charge in [0.15, 0.2) is 0 Å². The van der Waals surface area contributed by atoms with Crippen LogP contribution in [0.4, 0.5) is 18.9 Å². The number of thiazole rings is 1. The van der Waals surface area contributed by atoms with Crippen LogP contribution in [0.15, 0.2) is 53.3 Å². The van der Waals surface area contributed by atoms with Gasteiger partial charge in [-0.2, -0.15) is 13.2 Å².